The van der Waals surface area contributed by atoms with Crippen molar-refractivity contribution in [3.05, 3.63) is 83.2 Å². The van der Waals surface area contributed by atoms with Gasteiger partial charge in [-0.05, 0) is 78.9 Å². The van der Waals surface area contributed by atoms with E-state index in [1.807, 2.05) is 12.3 Å². The highest BCUT2D eigenvalue weighted by Gasteiger charge is 2.31. The summed E-state index contributed by atoms with van der Waals surface area (Å²) in [5.41, 5.74) is 4.54. The summed E-state index contributed by atoms with van der Waals surface area (Å²) in [6.07, 6.45) is 5.02. The van der Waals surface area contributed by atoms with Crippen LogP contribution in [0.15, 0.2) is 65.1 Å². The van der Waals surface area contributed by atoms with Crippen LogP contribution in [0.25, 0.3) is 22.3 Å². The Labute approximate surface area is 266 Å². The summed E-state index contributed by atoms with van der Waals surface area (Å²) in [7, 11) is 2.59. The van der Waals surface area contributed by atoms with Gasteiger partial charge in [-0.3, -0.25) is 9.59 Å². The Balaban J connectivity index is 0.00000226. The Morgan fingerprint density at radius 1 is 1.02 bits per heavy atom. The normalized spacial score (nSPS) is 12.4. The fourth-order valence-corrected chi connectivity index (χ4v) is 5.49. The highest BCUT2D eigenvalue weighted by molar-refractivity contribution is 7.99. The highest BCUT2D eigenvalue weighted by Crippen LogP contribution is 2.48. The van der Waals surface area contributed by atoms with E-state index in [0.717, 1.165) is 37.3 Å². The molecule has 0 radical (unpaired) electrons. The number of anilines is 1. The predicted octanol–water partition coefficient (Wildman–Crippen LogP) is 6.09. The number of aliphatic hydroxyl groups is 1. The van der Waals surface area contributed by atoms with Crippen LogP contribution < -0.4 is 14.4 Å². The topological polar surface area (TPSA) is 110 Å². The number of hydrogen-bond donors (Lipinski definition) is 2. The van der Waals surface area contributed by atoms with E-state index >= 15 is 0 Å². The number of hydrogen-bond acceptors (Lipinski definition) is 9. The number of benzene rings is 3. The van der Waals surface area contributed by atoms with Crippen LogP contribution >= 0.6 is 11.9 Å². The van der Waals surface area contributed by atoms with Crippen LogP contribution in [0.3, 0.4) is 0 Å². The van der Waals surface area contributed by atoms with Crippen molar-refractivity contribution < 1.29 is 37.7 Å². The summed E-state index contributed by atoms with van der Waals surface area (Å²) in [5.74, 6) is 0.947. The van der Waals surface area contributed by atoms with Gasteiger partial charge in [-0.1, -0.05) is 11.9 Å². The van der Waals surface area contributed by atoms with Gasteiger partial charge in [0.15, 0.2) is 0 Å². The van der Waals surface area contributed by atoms with Gasteiger partial charge in [-0.15, -0.1) is 0 Å². The Bertz CT molecular complexity index is 1540. The molecule has 1 saturated carbocycles. The van der Waals surface area contributed by atoms with Crippen LogP contribution in [-0.4, -0.2) is 77.3 Å². The fourth-order valence-electron chi connectivity index (χ4n) is 4.88. The molecular formula is C34H39FN2O7S. The highest BCUT2D eigenvalue weighted by atomic mass is 32.2. The van der Waals surface area contributed by atoms with Crippen LogP contribution in [0.4, 0.5) is 10.1 Å². The van der Waals surface area contributed by atoms with Crippen molar-refractivity contribution in [2.24, 2.45) is 0 Å². The van der Waals surface area contributed by atoms with Gasteiger partial charge in [0, 0.05) is 43.0 Å². The first kappa shape index (κ1) is 34.0. The van der Waals surface area contributed by atoms with Gasteiger partial charge >= 0.3 is 0 Å². The zero-order valence-electron chi connectivity index (χ0n) is 25.7. The van der Waals surface area contributed by atoms with Crippen LogP contribution in [-0.2, 0) is 9.47 Å². The summed E-state index contributed by atoms with van der Waals surface area (Å²) < 4.78 is 39.2. The number of carbonyl (C=O) groups excluding carboxylic acids is 2. The average Bonchev–Trinajstić information content (AvgIpc) is 3.86. The van der Waals surface area contributed by atoms with Gasteiger partial charge in [0.05, 0.1) is 44.2 Å². The maximum Gasteiger partial charge on any atom is 0.255 e. The van der Waals surface area contributed by atoms with Gasteiger partial charge in [0.25, 0.3) is 5.91 Å². The van der Waals surface area contributed by atoms with Crippen LogP contribution in [0.2, 0.25) is 0 Å². The number of furan rings is 1. The first-order valence-corrected chi connectivity index (χ1v) is 15.9. The van der Waals surface area contributed by atoms with Gasteiger partial charge in [0.1, 0.15) is 35.8 Å². The third-order valence-corrected chi connectivity index (χ3v) is 8.05. The summed E-state index contributed by atoms with van der Waals surface area (Å²) >= 11 is 1.61. The van der Waals surface area contributed by atoms with E-state index in [1.165, 1.54) is 17.7 Å². The summed E-state index contributed by atoms with van der Waals surface area (Å²) in [4.78, 5) is 23.7. The molecule has 1 aliphatic carbocycles. The number of aldehydes is 1. The van der Waals surface area contributed by atoms with E-state index in [9.17, 15) is 14.0 Å². The van der Waals surface area contributed by atoms with Crippen molar-refractivity contribution in [1.82, 2.24) is 5.32 Å². The van der Waals surface area contributed by atoms with E-state index in [-0.39, 0.29) is 11.7 Å². The van der Waals surface area contributed by atoms with Crippen molar-refractivity contribution in [2.45, 2.75) is 18.8 Å². The average molecular weight is 639 g/mol. The number of carbonyl (C=O) groups is 2. The molecule has 0 atom stereocenters. The number of nitrogens with one attached hydrogen (secondary N) is 1. The third-order valence-electron chi connectivity index (χ3n) is 7.23. The quantitative estimate of drug-likeness (QED) is 0.0856. The molecule has 0 spiro atoms. The molecule has 11 heteroatoms. The molecule has 0 aliphatic heterocycles. The molecule has 1 heterocycles. The monoisotopic (exact) mass is 638 g/mol. The first-order chi connectivity index (χ1) is 22.0. The van der Waals surface area contributed by atoms with Crippen LogP contribution in [0, 0.1) is 5.82 Å². The van der Waals surface area contributed by atoms with Crippen molar-refractivity contribution in [2.75, 3.05) is 64.3 Å². The van der Waals surface area contributed by atoms with E-state index in [1.54, 1.807) is 55.4 Å². The van der Waals surface area contributed by atoms with Crippen molar-refractivity contribution in [1.29, 1.82) is 0 Å². The lowest BCUT2D eigenvalue weighted by Crippen LogP contribution is -2.22. The molecule has 1 fully saturated rings. The second kappa shape index (κ2) is 17.0. The molecule has 9 nitrogen and oxygen atoms in total. The smallest absolute Gasteiger partial charge is 0.255 e. The molecule has 1 aliphatic rings. The Kier molecular flexibility index (Phi) is 12.8. The Morgan fingerprint density at radius 3 is 2.31 bits per heavy atom. The number of nitrogens with zero attached hydrogens (tertiary/aromatic N) is 1. The number of aliphatic hydroxyl groups excluding tert-OH is 1. The first-order valence-electron chi connectivity index (χ1n) is 14.7. The number of amides is 1. The molecular weight excluding hydrogens is 599 g/mol. The molecule has 1 aromatic heterocycles. The van der Waals surface area contributed by atoms with Gasteiger partial charge < -0.3 is 33.4 Å². The predicted molar refractivity (Wildman–Crippen MR) is 175 cm³/mol. The number of rotatable bonds is 16. The lowest BCUT2D eigenvalue weighted by Gasteiger charge is -2.24. The largest absolute Gasteiger partial charge is 0.491 e. The molecule has 240 valence electrons. The lowest BCUT2D eigenvalue weighted by atomic mass is 10.0. The molecule has 5 rings (SSSR count). The third kappa shape index (κ3) is 8.85. The van der Waals surface area contributed by atoms with Crippen LogP contribution in [0.5, 0.6) is 5.75 Å². The minimum Gasteiger partial charge on any atom is -0.491 e. The molecule has 0 saturated heterocycles. The molecule has 4 aromatic rings. The van der Waals surface area contributed by atoms with Crippen LogP contribution in [0.1, 0.15) is 45.0 Å². The molecule has 45 heavy (non-hydrogen) atoms. The van der Waals surface area contributed by atoms with Crippen molar-refractivity contribution in [3.8, 4) is 17.1 Å². The zero-order chi connectivity index (χ0) is 32.2. The van der Waals surface area contributed by atoms with E-state index in [0.29, 0.717) is 79.3 Å². The number of fused-ring (bicyclic) bond motifs is 1. The molecule has 3 aromatic carbocycles. The second-order valence-corrected chi connectivity index (χ2v) is 10.9. The van der Waals surface area contributed by atoms with E-state index in [4.69, 9.17) is 23.7 Å². The summed E-state index contributed by atoms with van der Waals surface area (Å²) in [5, 5.41) is 10.5. The SMILES string of the molecule is CNC(=O)c1c(-c2ccc(F)cc2)oc2cc(N(CCOCCOCCOc3ccc(C=O)cc3)SC)c(C3CC3)cc12.CO. The number of halogens is 1. The molecule has 2 N–H and O–H groups in total. The van der Waals surface area contributed by atoms with Gasteiger partial charge in [-0.25, -0.2) is 4.39 Å². The maximum atomic E-state index is 13.6. The molecule has 0 bridgehead atoms. The van der Waals surface area contributed by atoms with Gasteiger partial charge in [0.2, 0.25) is 0 Å². The number of ether oxygens (including phenoxy) is 3. The van der Waals surface area contributed by atoms with Gasteiger partial charge in [-0.2, -0.15) is 0 Å². The Morgan fingerprint density at radius 2 is 1.69 bits per heavy atom. The summed E-state index contributed by atoms with van der Waals surface area (Å²) in [6, 6.07) is 17.0. The molecule has 1 amide bonds. The van der Waals surface area contributed by atoms with E-state index in [2.05, 4.69) is 15.7 Å². The standard InChI is InChI=1S/C33H35FN2O6S.CH4O/c1-35-33(38)31-28-19-27(23-5-6-23)29(20-30(28)42-32(31)24-7-9-25(34)10-8-24)36(43-2)13-14-39-15-16-40-17-18-41-26-11-3-22(21-37)4-12-26;1-2/h3-4,7-12,19-21,23H,5-6,13-18H2,1-2H3,(H,35,38);2H,1H3. The van der Waals surface area contributed by atoms with Crippen molar-refractivity contribution >= 4 is 40.8 Å². The lowest BCUT2D eigenvalue weighted by molar-refractivity contribution is 0.0390. The minimum atomic E-state index is -0.350. The molecule has 0 unspecified atom stereocenters. The fraction of sp³-hybridized carbons (Fsp3) is 0.353. The second-order valence-electron chi connectivity index (χ2n) is 10.1. The summed E-state index contributed by atoms with van der Waals surface area (Å²) in [6.45, 7) is 2.91. The minimum absolute atomic E-state index is 0.246. The Hall–Kier alpha value is -3.90. The maximum absolute atomic E-state index is 13.6. The zero-order valence-corrected chi connectivity index (χ0v) is 26.5. The van der Waals surface area contributed by atoms with Crippen molar-refractivity contribution in [3.63, 3.8) is 0 Å². The van der Waals surface area contributed by atoms with E-state index < -0.39 is 0 Å².